The van der Waals surface area contributed by atoms with Crippen LogP contribution in [-0.2, 0) is 14.3 Å². The molecule has 0 atom stereocenters. The number of halogens is 1. The second kappa shape index (κ2) is 7.97. The number of carbonyl (C=O) groups excluding carboxylic acids is 3. The molecule has 124 valence electrons. The molecular weight excluding hydrogens is 320 g/mol. The molecule has 1 aliphatic rings. The van der Waals surface area contributed by atoms with Gasteiger partial charge in [0.2, 0.25) is 5.91 Å². The van der Waals surface area contributed by atoms with E-state index in [4.69, 9.17) is 16.3 Å². The molecule has 6 nitrogen and oxygen atoms in total. The first kappa shape index (κ1) is 17.3. The van der Waals surface area contributed by atoms with Crippen molar-refractivity contribution in [2.45, 2.75) is 26.2 Å². The van der Waals surface area contributed by atoms with Crippen molar-refractivity contribution in [3.8, 4) is 0 Å². The highest BCUT2D eigenvalue weighted by molar-refractivity contribution is 6.34. The third-order valence-corrected chi connectivity index (χ3v) is 3.77. The molecule has 1 aromatic rings. The maximum Gasteiger partial charge on any atom is 0.338 e. The number of esters is 1. The molecule has 1 N–H and O–H groups in total. The first-order chi connectivity index (χ1) is 11.0. The number of hydrogen-bond donors (Lipinski definition) is 1. The molecule has 2 rings (SSSR count). The highest BCUT2D eigenvalue weighted by atomic mass is 35.5. The van der Waals surface area contributed by atoms with Crippen LogP contribution in [0.4, 0.5) is 5.69 Å². The van der Waals surface area contributed by atoms with Gasteiger partial charge < -0.3 is 15.0 Å². The van der Waals surface area contributed by atoms with Gasteiger partial charge in [-0.05, 0) is 31.0 Å². The number of anilines is 1. The molecule has 2 amide bonds. The van der Waals surface area contributed by atoms with Crippen LogP contribution in [-0.4, -0.2) is 37.5 Å². The predicted molar refractivity (Wildman–Crippen MR) is 86.6 cm³/mol. The second-order valence-electron chi connectivity index (χ2n) is 5.24. The first-order valence-corrected chi connectivity index (χ1v) is 7.94. The fourth-order valence-electron chi connectivity index (χ4n) is 2.28. The van der Waals surface area contributed by atoms with E-state index >= 15 is 0 Å². The molecule has 1 saturated heterocycles. The van der Waals surface area contributed by atoms with Crippen molar-refractivity contribution in [2.75, 3.05) is 24.6 Å². The molecule has 0 bridgehead atoms. The van der Waals surface area contributed by atoms with Gasteiger partial charge in [0.1, 0.15) is 0 Å². The smallest absolute Gasteiger partial charge is 0.338 e. The molecule has 1 aromatic carbocycles. The summed E-state index contributed by atoms with van der Waals surface area (Å²) in [5.41, 5.74) is 0.756. The van der Waals surface area contributed by atoms with E-state index in [0.717, 1.165) is 12.8 Å². The predicted octanol–water partition coefficient (Wildman–Crippen LogP) is 2.15. The van der Waals surface area contributed by atoms with Gasteiger partial charge in [-0.1, -0.05) is 18.5 Å². The van der Waals surface area contributed by atoms with Gasteiger partial charge in [0.05, 0.1) is 16.3 Å². The lowest BCUT2D eigenvalue weighted by Crippen LogP contribution is -2.29. The van der Waals surface area contributed by atoms with Crippen LogP contribution in [0.2, 0.25) is 5.02 Å². The SMILES string of the molecule is CCCNC(=O)COC(=O)c1ccc(Cl)c(N2CCCC2=O)c1. The van der Waals surface area contributed by atoms with E-state index in [1.807, 2.05) is 6.92 Å². The van der Waals surface area contributed by atoms with Gasteiger partial charge >= 0.3 is 5.97 Å². The summed E-state index contributed by atoms with van der Waals surface area (Å²) < 4.78 is 4.97. The van der Waals surface area contributed by atoms with Gasteiger partial charge in [-0.2, -0.15) is 0 Å². The zero-order valence-electron chi connectivity index (χ0n) is 12.9. The standard InChI is InChI=1S/C16H19ClN2O4/c1-2-7-18-14(20)10-23-16(22)11-5-6-12(17)13(9-11)19-8-3-4-15(19)21/h5-6,9H,2-4,7-8,10H2,1H3,(H,18,20). The fraction of sp³-hybridized carbons (Fsp3) is 0.438. The minimum Gasteiger partial charge on any atom is -0.452 e. The number of ether oxygens (including phenoxy) is 1. The fourth-order valence-corrected chi connectivity index (χ4v) is 2.50. The van der Waals surface area contributed by atoms with Crippen molar-refractivity contribution < 1.29 is 19.1 Å². The first-order valence-electron chi connectivity index (χ1n) is 7.56. The van der Waals surface area contributed by atoms with Crippen molar-refractivity contribution in [1.82, 2.24) is 5.32 Å². The van der Waals surface area contributed by atoms with E-state index in [0.29, 0.717) is 30.2 Å². The van der Waals surface area contributed by atoms with E-state index in [9.17, 15) is 14.4 Å². The van der Waals surface area contributed by atoms with Gasteiger partial charge in [-0.15, -0.1) is 0 Å². The molecule has 0 radical (unpaired) electrons. The molecule has 0 unspecified atom stereocenters. The van der Waals surface area contributed by atoms with Gasteiger partial charge in [-0.25, -0.2) is 4.79 Å². The van der Waals surface area contributed by atoms with E-state index in [1.165, 1.54) is 12.1 Å². The topological polar surface area (TPSA) is 75.7 Å². The van der Waals surface area contributed by atoms with Crippen molar-refractivity contribution in [3.05, 3.63) is 28.8 Å². The van der Waals surface area contributed by atoms with Crippen LogP contribution < -0.4 is 10.2 Å². The summed E-state index contributed by atoms with van der Waals surface area (Å²) >= 11 is 6.12. The minimum absolute atomic E-state index is 0.0173. The Labute approximate surface area is 139 Å². The summed E-state index contributed by atoms with van der Waals surface area (Å²) in [4.78, 5) is 36.9. The zero-order chi connectivity index (χ0) is 16.8. The highest BCUT2D eigenvalue weighted by Crippen LogP contribution is 2.30. The summed E-state index contributed by atoms with van der Waals surface area (Å²) in [6.07, 6.45) is 2.05. The Morgan fingerprint density at radius 1 is 1.39 bits per heavy atom. The van der Waals surface area contributed by atoms with Gasteiger partial charge in [0.25, 0.3) is 5.91 Å². The summed E-state index contributed by atoms with van der Waals surface area (Å²) in [7, 11) is 0. The Balaban J connectivity index is 2.03. The number of nitrogens with zero attached hydrogens (tertiary/aromatic N) is 1. The van der Waals surface area contributed by atoms with Crippen LogP contribution in [0.5, 0.6) is 0 Å². The molecule has 7 heteroatoms. The van der Waals surface area contributed by atoms with E-state index < -0.39 is 5.97 Å². The summed E-state index contributed by atoms with van der Waals surface area (Å²) in [6.45, 7) is 2.72. The molecule has 0 aromatic heterocycles. The molecular formula is C16H19ClN2O4. The van der Waals surface area contributed by atoms with Crippen molar-refractivity contribution in [3.63, 3.8) is 0 Å². The summed E-state index contributed by atoms with van der Waals surface area (Å²) in [5, 5.41) is 3.02. The van der Waals surface area contributed by atoms with Crippen LogP contribution in [0.15, 0.2) is 18.2 Å². The molecule has 1 heterocycles. The van der Waals surface area contributed by atoms with Crippen molar-refractivity contribution in [2.24, 2.45) is 0 Å². The second-order valence-corrected chi connectivity index (χ2v) is 5.65. The van der Waals surface area contributed by atoms with Crippen LogP contribution in [0, 0.1) is 0 Å². The lowest BCUT2D eigenvalue weighted by Gasteiger charge is -2.18. The van der Waals surface area contributed by atoms with Crippen LogP contribution in [0.1, 0.15) is 36.5 Å². The average molecular weight is 339 g/mol. The Morgan fingerprint density at radius 3 is 2.83 bits per heavy atom. The van der Waals surface area contributed by atoms with Crippen LogP contribution in [0.3, 0.4) is 0 Å². The molecule has 0 aliphatic carbocycles. The lowest BCUT2D eigenvalue weighted by atomic mass is 10.2. The van der Waals surface area contributed by atoms with E-state index in [-0.39, 0.29) is 24.0 Å². The summed E-state index contributed by atoms with van der Waals surface area (Å²) in [5.74, 6) is -0.985. The quantitative estimate of drug-likeness (QED) is 0.806. The maximum absolute atomic E-state index is 12.0. The molecule has 1 aliphatic heterocycles. The third-order valence-electron chi connectivity index (χ3n) is 3.45. The van der Waals surface area contributed by atoms with Crippen molar-refractivity contribution >= 4 is 35.1 Å². The number of nitrogens with one attached hydrogen (secondary N) is 1. The monoisotopic (exact) mass is 338 g/mol. The number of benzene rings is 1. The van der Waals surface area contributed by atoms with E-state index in [1.54, 1.807) is 11.0 Å². The highest BCUT2D eigenvalue weighted by Gasteiger charge is 2.24. The Hall–Kier alpha value is -2.08. The Morgan fingerprint density at radius 2 is 2.17 bits per heavy atom. The molecule has 0 saturated carbocycles. The van der Waals surface area contributed by atoms with Gasteiger partial charge in [0, 0.05) is 19.5 Å². The number of carbonyl (C=O) groups is 3. The van der Waals surface area contributed by atoms with Crippen LogP contribution >= 0.6 is 11.6 Å². The van der Waals surface area contributed by atoms with Crippen molar-refractivity contribution in [1.29, 1.82) is 0 Å². The summed E-state index contributed by atoms with van der Waals surface area (Å²) in [6, 6.07) is 4.59. The zero-order valence-corrected chi connectivity index (χ0v) is 13.7. The largest absolute Gasteiger partial charge is 0.452 e. The molecule has 1 fully saturated rings. The third kappa shape index (κ3) is 4.45. The lowest BCUT2D eigenvalue weighted by molar-refractivity contribution is -0.124. The number of hydrogen-bond acceptors (Lipinski definition) is 4. The normalized spacial score (nSPS) is 14.0. The molecule has 0 spiro atoms. The van der Waals surface area contributed by atoms with Crippen LogP contribution in [0.25, 0.3) is 0 Å². The number of rotatable bonds is 6. The van der Waals surface area contributed by atoms with E-state index in [2.05, 4.69) is 5.32 Å². The van der Waals surface area contributed by atoms with Gasteiger partial charge in [-0.3, -0.25) is 9.59 Å². The van der Waals surface area contributed by atoms with Gasteiger partial charge in [0.15, 0.2) is 6.61 Å². The minimum atomic E-state index is -0.624. The maximum atomic E-state index is 12.0. The average Bonchev–Trinajstić information content (AvgIpc) is 2.97. The Kier molecular flexibility index (Phi) is 5.98. The number of amides is 2. The molecule has 23 heavy (non-hydrogen) atoms. The Bertz CT molecular complexity index is 618.